The Balaban J connectivity index is 1.69. The lowest BCUT2D eigenvalue weighted by Gasteiger charge is -2.04. The van der Waals surface area contributed by atoms with Gasteiger partial charge < -0.3 is 9.84 Å². The number of rotatable bonds is 4. The summed E-state index contributed by atoms with van der Waals surface area (Å²) in [4.78, 5) is 4.41. The summed E-state index contributed by atoms with van der Waals surface area (Å²) in [6.07, 6.45) is 1.63. The second kappa shape index (κ2) is 6.93. The molecule has 1 heterocycles. The molecule has 1 N–H and O–H groups in total. The number of aliphatic imine (C=N–C) groups is 1. The van der Waals surface area contributed by atoms with Crippen LogP contribution >= 0.6 is 11.3 Å². The molecular formula is C20H15N3O2S. The molecule has 0 saturated carbocycles. The Kier molecular flexibility index (Phi) is 4.33. The predicted octanol–water partition coefficient (Wildman–Crippen LogP) is 4.82. The molecule has 0 aliphatic rings. The number of aromatic nitrogens is 2. The molecule has 0 aliphatic heterocycles. The van der Waals surface area contributed by atoms with Gasteiger partial charge in [0.05, 0.1) is 12.7 Å². The molecule has 3 aromatic carbocycles. The van der Waals surface area contributed by atoms with Crippen LogP contribution in [0.2, 0.25) is 0 Å². The molecule has 0 atom stereocenters. The van der Waals surface area contributed by atoms with E-state index in [4.69, 9.17) is 4.74 Å². The van der Waals surface area contributed by atoms with Gasteiger partial charge in [-0.3, -0.25) is 0 Å². The maximum absolute atomic E-state index is 10.2. The van der Waals surface area contributed by atoms with Crippen LogP contribution in [-0.4, -0.2) is 28.6 Å². The van der Waals surface area contributed by atoms with Crippen molar-refractivity contribution in [3.63, 3.8) is 0 Å². The number of benzene rings is 3. The summed E-state index contributed by atoms with van der Waals surface area (Å²) in [5, 5.41) is 21.7. The van der Waals surface area contributed by atoms with Gasteiger partial charge in [-0.1, -0.05) is 53.8 Å². The summed E-state index contributed by atoms with van der Waals surface area (Å²) in [5.41, 5.74) is 1.54. The smallest absolute Gasteiger partial charge is 0.231 e. The van der Waals surface area contributed by atoms with Crippen molar-refractivity contribution in [2.24, 2.45) is 4.99 Å². The minimum Gasteiger partial charge on any atom is -0.507 e. The van der Waals surface area contributed by atoms with Gasteiger partial charge >= 0.3 is 0 Å². The van der Waals surface area contributed by atoms with E-state index in [1.165, 1.54) is 11.3 Å². The second-order valence-corrected chi connectivity index (χ2v) is 6.52. The number of phenols is 1. The van der Waals surface area contributed by atoms with Gasteiger partial charge in [0.1, 0.15) is 11.5 Å². The molecule has 5 nitrogen and oxygen atoms in total. The highest BCUT2D eigenvalue weighted by Gasteiger charge is 2.11. The zero-order valence-corrected chi connectivity index (χ0v) is 14.8. The minimum atomic E-state index is 0.182. The van der Waals surface area contributed by atoms with Crippen LogP contribution in [0.5, 0.6) is 11.5 Å². The van der Waals surface area contributed by atoms with Crippen molar-refractivity contribution in [3.05, 3.63) is 66.2 Å². The summed E-state index contributed by atoms with van der Waals surface area (Å²) in [5.74, 6) is 0.924. The van der Waals surface area contributed by atoms with E-state index in [2.05, 4.69) is 15.2 Å². The number of ether oxygens (including phenoxy) is 1. The van der Waals surface area contributed by atoms with Crippen LogP contribution in [-0.2, 0) is 0 Å². The molecule has 0 fully saturated rings. The first kappa shape index (κ1) is 16.2. The lowest BCUT2D eigenvalue weighted by molar-refractivity contribution is 0.416. The highest BCUT2D eigenvalue weighted by molar-refractivity contribution is 7.18. The fraction of sp³-hybridized carbons (Fsp3) is 0.0500. The molecule has 0 saturated heterocycles. The van der Waals surface area contributed by atoms with Crippen molar-refractivity contribution in [2.75, 3.05) is 7.11 Å². The molecule has 0 amide bonds. The Labute approximate surface area is 154 Å². The zero-order valence-electron chi connectivity index (χ0n) is 14.0. The SMILES string of the molecule is COc1ccccc1-c1nnc(/N=C/c2c(O)ccc3ccccc23)s1. The summed E-state index contributed by atoms with van der Waals surface area (Å²) < 4.78 is 5.37. The Bertz CT molecular complexity index is 1110. The zero-order chi connectivity index (χ0) is 17.9. The number of hydrogen-bond acceptors (Lipinski definition) is 6. The number of para-hydroxylation sites is 1. The first-order chi connectivity index (χ1) is 12.8. The van der Waals surface area contributed by atoms with E-state index in [-0.39, 0.29) is 5.75 Å². The van der Waals surface area contributed by atoms with Crippen molar-refractivity contribution in [2.45, 2.75) is 0 Å². The third-order valence-corrected chi connectivity index (χ3v) is 4.87. The molecule has 128 valence electrons. The monoisotopic (exact) mass is 361 g/mol. The molecule has 0 spiro atoms. The molecule has 6 heteroatoms. The van der Waals surface area contributed by atoms with Crippen LogP contribution in [0, 0.1) is 0 Å². The normalized spacial score (nSPS) is 11.3. The van der Waals surface area contributed by atoms with Gasteiger partial charge in [-0.05, 0) is 29.0 Å². The van der Waals surface area contributed by atoms with E-state index in [1.54, 1.807) is 19.4 Å². The van der Waals surface area contributed by atoms with E-state index in [1.807, 2.05) is 54.6 Å². The summed E-state index contributed by atoms with van der Waals surface area (Å²) in [7, 11) is 1.63. The van der Waals surface area contributed by atoms with Crippen LogP contribution in [0.15, 0.2) is 65.7 Å². The number of aromatic hydroxyl groups is 1. The molecule has 1 aromatic heterocycles. The lowest BCUT2D eigenvalue weighted by atomic mass is 10.0. The maximum Gasteiger partial charge on any atom is 0.231 e. The van der Waals surface area contributed by atoms with Gasteiger partial charge in [0.2, 0.25) is 5.13 Å². The van der Waals surface area contributed by atoms with E-state index >= 15 is 0 Å². The molecule has 0 bridgehead atoms. The van der Waals surface area contributed by atoms with Crippen LogP contribution in [0.25, 0.3) is 21.3 Å². The quantitative estimate of drug-likeness (QED) is 0.529. The van der Waals surface area contributed by atoms with Crippen LogP contribution in [0.4, 0.5) is 5.13 Å². The number of fused-ring (bicyclic) bond motifs is 1. The fourth-order valence-corrected chi connectivity index (χ4v) is 3.46. The van der Waals surface area contributed by atoms with E-state index < -0.39 is 0 Å². The van der Waals surface area contributed by atoms with E-state index in [9.17, 15) is 5.11 Å². The van der Waals surface area contributed by atoms with Crippen molar-refractivity contribution in [3.8, 4) is 22.1 Å². The van der Waals surface area contributed by atoms with Gasteiger partial charge in [-0.25, -0.2) is 4.99 Å². The summed E-state index contributed by atoms with van der Waals surface area (Å²) >= 11 is 1.36. The Hall–Kier alpha value is -3.25. The Morgan fingerprint density at radius 2 is 1.81 bits per heavy atom. The van der Waals surface area contributed by atoms with Crippen LogP contribution in [0.1, 0.15) is 5.56 Å². The largest absolute Gasteiger partial charge is 0.507 e. The maximum atomic E-state index is 10.2. The molecule has 4 aromatic rings. The van der Waals surface area contributed by atoms with E-state index in [0.717, 1.165) is 27.1 Å². The average molecular weight is 361 g/mol. The van der Waals surface area contributed by atoms with Crippen molar-refractivity contribution in [1.29, 1.82) is 0 Å². The van der Waals surface area contributed by atoms with Gasteiger partial charge in [0.25, 0.3) is 0 Å². The molecule has 4 rings (SSSR count). The van der Waals surface area contributed by atoms with E-state index in [0.29, 0.717) is 10.7 Å². The topological polar surface area (TPSA) is 67.6 Å². The molecule has 0 unspecified atom stereocenters. The Morgan fingerprint density at radius 1 is 1.00 bits per heavy atom. The third kappa shape index (κ3) is 3.02. The molecule has 0 radical (unpaired) electrons. The number of methoxy groups -OCH3 is 1. The second-order valence-electron chi connectivity index (χ2n) is 5.57. The summed E-state index contributed by atoms with van der Waals surface area (Å²) in [6.45, 7) is 0. The van der Waals surface area contributed by atoms with Crippen molar-refractivity contribution < 1.29 is 9.84 Å². The highest BCUT2D eigenvalue weighted by Crippen LogP contribution is 2.34. The first-order valence-electron chi connectivity index (χ1n) is 7.98. The molecule has 0 aliphatic carbocycles. The van der Waals surface area contributed by atoms with Gasteiger partial charge in [0.15, 0.2) is 5.01 Å². The number of phenolic OH excluding ortho intramolecular Hbond substituents is 1. The minimum absolute atomic E-state index is 0.182. The average Bonchev–Trinajstić information content (AvgIpc) is 3.16. The standard InChI is InChI=1S/C20H15N3O2S/c1-25-18-9-5-4-8-15(18)19-22-23-20(26-19)21-12-16-14-7-3-2-6-13(14)10-11-17(16)24/h2-12,24H,1H3/b21-12+. The molecular weight excluding hydrogens is 346 g/mol. The lowest BCUT2D eigenvalue weighted by Crippen LogP contribution is -1.86. The predicted molar refractivity (Wildman–Crippen MR) is 105 cm³/mol. The van der Waals surface area contributed by atoms with Gasteiger partial charge in [-0.15, -0.1) is 10.2 Å². The number of hydrogen-bond donors (Lipinski definition) is 1. The van der Waals surface area contributed by atoms with Gasteiger partial charge in [0, 0.05) is 11.8 Å². The third-order valence-electron chi connectivity index (χ3n) is 4.00. The number of nitrogens with zero attached hydrogens (tertiary/aromatic N) is 3. The van der Waals surface area contributed by atoms with Gasteiger partial charge in [-0.2, -0.15) is 0 Å². The van der Waals surface area contributed by atoms with Crippen LogP contribution in [0.3, 0.4) is 0 Å². The first-order valence-corrected chi connectivity index (χ1v) is 8.79. The van der Waals surface area contributed by atoms with Crippen LogP contribution < -0.4 is 4.74 Å². The van der Waals surface area contributed by atoms with Crippen molar-refractivity contribution in [1.82, 2.24) is 10.2 Å². The van der Waals surface area contributed by atoms with Crippen molar-refractivity contribution >= 4 is 33.5 Å². The molecule has 26 heavy (non-hydrogen) atoms. The Morgan fingerprint density at radius 3 is 2.69 bits per heavy atom. The highest BCUT2D eigenvalue weighted by atomic mass is 32.1. The summed E-state index contributed by atoms with van der Waals surface area (Å²) in [6, 6.07) is 19.1. The fourth-order valence-electron chi connectivity index (χ4n) is 2.74.